The van der Waals surface area contributed by atoms with Crippen molar-refractivity contribution in [2.24, 2.45) is 0 Å². The number of para-hydroxylation sites is 4. The smallest absolute Gasteiger partial charge is 0.181 e. The van der Waals surface area contributed by atoms with Gasteiger partial charge in [0.1, 0.15) is 11.6 Å². The van der Waals surface area contributed by atoms with Gasteiger partial charge in [-0.15, -0.1) is 11.3 Å². The Kier molecular flexibility index (Phi) is 8.41. The summed E-state index contributed by atoms with van der Waals surface area (Å²) in [5.41, 5.74) is 6.78. The molecule has 0 fully saturated rings. The van der Waals surface area contributed by atoms with E-state index in [0.29, 0.717) is 0 Å². The van der Waals surface area contributed by atoms with Crippen molar-refractivity contribution >= 4 is 104 Å². The molecule has 0 saturated heterocycles. The Morgan fingerprint density at radius 3 is 1.28 bits per heavy atom. The van der Waals surface area contributed by atoms with Gasteiger partial charge in [0.15, 0.2) is 8.07 Å². The second-order valence-electron chi connectivity index (χ2n) is 16.7. The first-order valence-electron chi connectivity index (χ1n) is 21.9. The number of nitrogens with zero attached hydrogens (tertiary/aromatic N) is 3. The number of thiophene rings is 1. The van der Waals surface area contributed by atoms with Crippen molar-refractivity contribution in [3.8, 4) is 22.8 Å². The monoisotopic (exact) mass is 849 g/mol. The molecule has 64 heavy (non-hydrogen) atoms. The summed E-state index contributed by atoms with van der Waals surface area (Å²) in [6.45, 7) is 0. The van der Waals surface area contributed by atoms with Gasteiger partial charge in [-0.3, -0.25) is 9.13 Å². The summed E-state index contributed by atoms with van der Waals surface area (Å²) < 4.78 is 7.38. The van der Waals surface area contributed by atoms with Gasteiger partial charge in [-0.2, -0.15) is 0 Å². The Morgan fingerprint density at radius 2 is 0.750 bits per heavy atom. The highest BCUT2D eigenvalue weighted by Crippen LogP contribution is 2.37. The largest absolute Gasteiger partial charge is 0.294 e. The Balaban J connectivity index is 1.13. The summed E-state index contributed by atoms with van der Waals surface area (Å²) in [5, 5.41) is 12.9. The van der Waals surface area contributed by atoms with Gasteiger partial charge in [0, 0.05) is 41.7 Å². The normalized spacial score (nSPS) is 12.1. The van der Waals surface area contributed by atoms with Gasteiger partial charge in [-0.1, -0.05) is 194 Å². The van der Waals surface area contributed by atoms with Crippen molar-refractivity contribution in [3.63, 3.8) is 0 Å². The summed E-state index contributed by atoms with van der Waals surface area (Å²) in [6.07, 6.45) is 0. The first kappa shape index (κ1) is 36.8. The molecule has 13 aromatic rings. The van der Waals surface area contributed by atoms with E-state index in [0.717, 1.165) is 44.8 Å². The number of hydrogen-bond donors (Lipinski definition) is 0. The second kappa shape index (κ2) is 14.6. The third kappa shape index (κ3) is 5.48. The van der Waals surface area contributed by atoms with Crippen LogP contribution in [-0.4, -0.2) is 22.2 Å². The number of pyridine rings is 1. The molecular weight excluding hydrogens is 811 g/mol. The lowest BCUT2D eigenvalue weighted by atomic mass is 10.1. The minimum Gasteiger partial charge on any atom is -0.294 e. The summed E-state index contributed by atoms with van der Waals surface area (Å²) in [5.74, 6) is 1.75. The Bertz CT molecular complexity index is 3640. The van der Waals surface area contributed by atoms with Gasteiger partial charge in [-0.05, 0) is 74.3 Å². The van der Waals surface area contributed by atoms with Gasteiger partial charge < -0.3 is 0 Å². The lowest BCUT2D eigenvalue weighted by molar-refractivity contribution is 1.01. The van der Waals surface area contributed by atoms with Crippen LogP contribution in [0.15, 0.2) is 237 Å². The van der Waals surface area contributed by atoms with Crippen LogP contribution in [0.1, 0.15) is 0 Å². The Morgan fingerprint density at radius 1 is 0.328 bits per heavy atom. The van der Waals surface area contributed by atoms with Crippen LogP contribution in [0.25, 0.3) is 86.5 Å². The lowest BCUT2D eigenvalue weighted by Gasteiger charge is -2.35. The minimum absolute atomic E-state index is 0.877. The van der Waals surface area contributed by atoms with Crippen molar-refractivity contribution in [2.45, 2.75) is 0 Å². The maximum Gasteiger partial charge on any atom is 0.181 e. The molecule has 0 aliphatic rings. The summed E-state index contributed by atoms with van der Waals surface area (Å²) >= 11 is 1.92. The molecule has 0 saturated carbocycles. The maximum absolute atomic E-state index is 5.65. The number of benzene rings is 9. The minimum atomic E-state index is -2.99. The van der Waals surface area contributed by atoms with Crippen LogP contribution >= 0.6 is 11.3 Å². The Labute approximate surface area is 375 Å². The molecule has 9 aromatic carbocycles. The van der Waals surface area contributed by atoms with E-state index < -0.39 is 8.07 Å². The van der Waals surface area contributed by atoms with Crippen LogP contribution in [0.2, 0.25) is 0 Å². The fraction of sp³-hybridized carbons (Fsp3) is 0. The number of rotatable bonds is 7. The van der Waals surface area contributed by atoms with Gasteiger partial charge in [0.25, 0.3) is 0 Å². The van der Waals surface area contributed by atoms with Crippen molar-refractivity contribution in [1.29, 1.82) is 0 Å². The molecule has 4 aromatic heterocycles. The number of aromatic nitrogens is 3. The third-order valence-corrected chi connectivity index (χ3v) is 19.5. The van der Waals surface area contributed by atoms with E-state index in [1.165, 1.54) is 62.5 Å². The second-order valence-corrected chi connectivity index (χ2v) is 21.5. The van der Waals surface area contributed by atoms with Gasteiger partial charge >= 0.3 is 0 Å². The predicted octanol–water partition coefficient (Wildman–Crippen LogP) is 12.7. The first-order chi connectivity index (χ1) is 31.8. The molecule has 0 spiro atoms. The van der Waals surface area contributed by atoms with E-state index in [4.69, 9.17) is 4.98 Å². The Hall–Kier alpha value is -7.83. The lowest BCUT2D eigenvalue weighted by Crippen LogP contribution is -2.74. The van der Waals surface area contributed by atoms with E-state index in [9.17, 15) is 0 Å². The standard InChI is InChI=1S/C59H39N3SSi/c1-3-20-42(21-4-1)64(43-22-5-2-6-23-43,56-36-18-30-50-49-29-11-16-35-55(49)63-59(50)56)44-24-17-19-40(37-44)41-38-57(61-51-31-12-7-25-45(51)46-26-8-13-32-52(46)61)60-58(39-41)62-53-33-14-9-27-47(53)48-28-10-15-34-54(48)62/h1-39H. The summed E-state index contributed by atoms with van der Waals surface area (Å²) in [7, 11) is -2.99. The van der Waals surface area contributed by atoms with E-state index in [1.54, 1.807) is 0 Å². The molecule has 0 aliphatic carbocycles. The van der Waals surface area contributed by atoms with E-state index in [1.807, 2.05) is 11.3 Å². The van der Waals surface area contributed by atoms with Crippen LogP contribution in [0.5, 0.6) is 0 Å². The van der Waals surface area contributed by atoms with Crippen LogP contribution in [0, 0.1) is 0 Å². The molecule has 3 nitrogen and oxygen atoms in total. The van der Waals surface area contributed by atoms with Crippen molar-refractivity contribution < 1.29 is 0 Å². The summed E-state index contributed by atoms with van der Waals surface area (Å²) in [4.78, 5) is 5.65. The fourth-order valence-electron chi connectivity index (χ4n) is 10.6. The third-order valence-electron chi connectivity index (χ3n) is 13.3. The fourth-order valence-corrected chi connectivity index (χ4v) is 17.1. The summed E-state index contributed by atoms with van der Waals surface area (Å²) in [6, 6.07) is 87.4. The highest BCUT2D eigenvalue weighted by atomic mass is 32.1. The zero-order valence-electron chi connectivity index (χ0n) is 34.8. The molecule has 0 aliphatic heterocycles. The molecule has 0 radical (unpaired) electrons. The van der Waals surface area contributed by atoms with Gasteiger partial charge in [-0.25, -0.2) is 4.98 Å². The molecular formula is C59H39N3SSi. The topological polar surface area (TPSA) is 22.8 Å². The first-order valence-corrected chi connectivity index (χ1v) is 24.7. The van der Waals surface area contributed by atoms with Crippen molar-refractivity contribution in [1.82, 2.24) is 14.1 Å². The molecule has 0 unspecified atom stereocenters. The number of fused-ring (bicyclic) bond motifs is 9. The van der Waals surface area contributed by atoms with Gasteiger partial charge in [0.05, 0.1) is 22.1 Å². The van der Waals surface area contributed by atoms with Crippen molar-refractivity contribution in [2.75, 3.05) is 0 Å². The zero-order valence-corrected chi connectivity index (χ0v) is 36.6. The molecule has 0 amide bonds. The predicted molar refractivity (Wildman–Crippen MR) is 275 cm³/mol. The maximum atomic E-state index is 5.65. The van der Waals surface area contributed by atoms with Crippen LogP contribution < -0.4 is 20.7 Å². The molecule has 5 heteroatoms. The highest BCUT2D eigenvalue weighted by Gasteiger charge is 2.43. The van der Waals surface area contributed by atoms with E-state index in [-0.39, 0.29) is 0 Å². The molecule has 13 rings (SSSR count). The van der Waals surface area contributed by atoms with Gasteiger partial charge in [0.2, 0.25) is 0 Å². The molecule has 0 atom stereocenters. The molecule has 4 heterocycles. The quantitative estimate of drug-likeness (QED) is 0.116. The average Bonchev–Trinajstić information content (AvgIpc) is 4.03. The molecule has 0 bridgehead atoms. The number of hydrogen-bond acceptors (Lipinski definition) is 2. The van der Waals surface area contributed by atoms with Crippen LogP contribution in [-0.2, 0) is 0 Å². The molecule has 300 valence electrons. The average molecular weight is 850 g/mol. The molecule has 0 N–H and O–H groups in total. The van der Waals surface area contributed by atoms with Crippen LogP contribution in [0.4, 0.5) is 0 Å². The van der Waals surface area contributed by atoms with E-state index >= 15 is 0 Å². The van der Waals surface area contributed by atoms with E-state index in [2.05, 4.69) is 246 Å². The van der Waals surface area contributed by atoms with Crippen molar-refractivity contribution in [3.05, 3.63) is 237 Å². The van der Waals surface area contributed by atoms with Crippen LogP contribution in [0.3, 0.4) is 0 Å². The highest BCUT2D eigenvalue weighted by molar-refractivity contribution is 7.30. The SMILES string of the molecule is c1ccc([Si](c2ccccc2)(c2cccc(-c3cc(-n4c5ccccc5c5ccccc54)nc(-n4c5ccccc5c5ccccc54)c3)c2)c2cccc3c2sc2ccccc23)cc1. The zero-order chi connectivity index (χ0) is 42.2.